The Kier molecular flexibility index (Phi) is 16.7. The molecule has 0 radical (unpaired) electrons. The lowest BCUT2D eigenvalue weighted by atomic mass is 9.83. The average Bonchev–Trinajstić information content (AvgIpc) is 3.48. The van der Waals surface area contributed by atoms with Gasteiger partial charge in [0.25, 0.3) is 0 Å². The van der Waals surface area contributed by atoms with Gasteiger partial charge in [0.05, 0.1) is 30.9 Å². The molecule has 3 amide bonds. The van der Waals surface area contributed by atoms with Crippen molar-refractivity contribution in [2.24, 2.45) is 11.1 Å². The fourth-order valence-electron chi connectivity index (χ4n) is 5.81. The second kappa shape index (κ2) is 20.5. The molecule has 0 aliphatic heterocycles. The van der Waals surface area contributed by atoms with Gasteiger partial charge in [-0.15, -0.1) is 11.8 Å². The maximum absolute atomic E-state index is 15.2. The fourth-order valence-corrected chi connectivity index (χ4v) is 7.38. The van der Waals surface area contributed by atoms with Crippen LogP contribution in [0.15, 0.2) is 60.8 Å². The monoisotopic (exact) mass is 787 g/mol. The molecule has 15 heteroatoms. The van der Waals surface area contributed by atoms with Crippen molar-refractivity contribution in [1.82, 2.24) is 20.1 Å². The van der Waals surface area contributed by atoms with E-state index in [1.54, 1.807) is 17.2 Å². The third kappa shape index (κ3) is 14.6. The van der Waals surface area contributed by atoms with Crippen LogP contribution in [0, 0.1) is 17.0 Å². The molecule has 0 saturated carbocycles. The minimum Gasteiger partial charge on any atom is -0.481 e. The number of amides is 3. The number of benzene rings is 2. The van der Waals surface area contributed by atoms with Crippen LogP contribution in [-0.2, 0) is 25.7 Å². The van der Waals surface area contributed by atoms with Crippen LogP contribution < -0.4 is 16.4 Å². The summed E-state index contributed by atoms with van der Waals surface area (Å²) < 4.78 is 36.9. The number of hydrogen-bond acceptors (Lipinski definition) is 7. The number of thioether (sulfide) groups is 1. The highest BCUT2D eigenvalue weighted by atomic mass is 32.2. The Morgan fingerprint density at radius 2 is 1.72 bits per heavy atom. The van der Waals surface area contributed by atoms with Crippen LogP contribution >= 0.6 is 11.8 Å². The molecule has 0 fully saturated rings. The van der Waals surface area contributed by atoms with Gasteiger partial charge in [0.1, 0.15) is 11.6 Å². The Morgan fingerprint density at radius 1 is 1.02 bits per heavy atom. The molecule has 0 aliphatic carbocycles. The highest BCUT2D eigenvalue weighted by Gasteiger charge is 2.37. The molecule has 0 spiro atoms. The lowest BCUT2D eigenvalue weighted by Gasteiger charge is -2.41. The largest absolute Gasteiger partial charge is 0.481 e. The number of rotatable bonds is 20. The standard InChI is InChI=1S/C39H55F2N5O6SSi/c1-39(2,3)36(33-21-28(30-22-29(40)13-14-31(30)41)24-45(33)23-27-11-8-7-9-12-27)46(18-10-16-44-38(51)52-19-20-54(4,5)6)34(47)26-53-25-32(42)37(50)43-17-15-35(48)49/h7-9,11-14,21-22,24,32,36H,10,15-20,23,25-26,42H2,1-6H3,(H,43,50)(H,44,51)(H,48,49)/t32-,36-/m0/s1. The summed E-state index contributed by atoms with van der Waals surface area (Å²) in [6.07, 6.45) is 1.40. The number of carbonyl (C=O) groups is 4. The van der Waals surface area contributed by atoms with Crippen LogP contribution in [0.25, 0.3) is 11.1 Å². The van der Waals surface area contributed by atoms with E-state index in [-0.39, 0.29) is 49.0 Å². The lowest BCUT2D eigenvalue weighted by molar-refractivity contribution is -0.137. The number of ether oxygens (including phenoxy) is 1. The van der Waals surface area contributed by atoms with E-state index in [0.29, 0.717) is 30.8 Å². The molecule has 2 atom stereocenters. The number of nitrogens with two attached hydrogens (primary N) is 1. The first-order chi connectivity index (χ1) is 25.4. The number of halogens is 2. The molecular formula is C39H55F2N5O6SSi. The summed E-state index contributed by atoms with van der Waals surface area (Å²) in [4.78, 5) is 51.7. The van der Waals surface area contributed by atoms with Gasteiger partial charge < -0.3 is 35.7 Å². The van der Waals surface area contributed by atoms with Gasteiger partial charge in [0.2, 0.25) is 11.8 Å². The highest BCUT2D eigenvalue weighted by molar-refractivity contribution is 8.00. The molecule has 2 aromatic carbocycles. The summed E-state index contributed by atoms with van der Waals surface area (Å²) in [6.45, 7) is 13.7. The zero-order valence-corrected chi connectivity index (χ0v) is 33.9. The number of carboxylic acids is 1. The smallest absolute Gasteiger partial charge is 0.407 e. The first-order valence-electron chi connectivity index (χ1n) is 18.1. The summed E-state index contributed by atoms with van der Waals surface area (Å²) in [5.41, 5.74) is 7.71. The zero-order valence-electron chi connectivity index (χ0n) is 32.1. The third-order valence-electron chi connectivity index (χ3n) is 8.53. The Morgan fingerprint density at radius 3 is 2.37 bits per heavy atom. The minimum atomic E-state index is -1.39. The third-order valence-corrected chi connectivity index (χ3v) is 11.3. The second-order valence-electron chi connectivity index (χ2n) is 15.5. The molecule has 1 heterocycles. The number of aromatic nitrogens is 1. The maximum Gasteiger partial charge on any atom is 0.407 e. The predicted molar refractivity (Wildman–Crippen MR) is 212 cm³/mol. The maximum atomic E-state index is 15.2. The Balaban J connectivity index is 1.94. The van der Waals surface area contributed by atoms with Crippen molar-refractivity contribution in [2.75, 3.05) is 37.7 Å². The number of hydrogen-bond donors (Lipinski definition) is 4. The summed E-state index contributed by atoms with van der Waals surface area (Å²) in [5, 5.41) is 14.1. The number of nitrogens with one attached hydrogen (secondary N) is 2. The number of aliphatic carboxylic acids is 1. The Bertz CT molecular complexity index is 1710. The van der Waals surface area contributed by atoms with E-state index in [1.165, 1.54) is 11.8 Å². The number of carbonyl (C=O) groups excluding carboxylic acids is 3. The molecule has 3 aromatic rings. The molecule has 296 valence electrons. The van der Waals surface area contributed by atoms with Gasteiger partial charge >= 0.3 is 12.1 Å². The quantitative estimate of drug-likeness (QED) is 0.0747. The van der Waals surface area contributed by atoms with E-state index in [0.717, 1.165) is 29.8 Å². The zero-order chi connectivity index (χ0) is 40.1. The van der Waals surface area contributed by atoms with Gasteiger partial charge in [0.15, 0.2) is 0 Å². The van der Waals surface area contributed by atoms with Crippen LogP contribution in [-0.4, -0.2) is 90.3 Å². The molecule has 3 rings (SSSR count). The van der Waals surface area contributed by atoms with E-state index in [4.69, 9.17) is 15.6 Å². The molecule has 11 nitrogen and oxygen atoms in total. The van der Waals surface area contributed by atoms with Crippen molar-refractivity contribution >= 4 is 43.7 Å². The minimum absolute atomic E-state index is 0.0282. The molecule has 0 saturated heterocycles. The van der Waals surface area contributed by atoms with Crippen LogP contribution in [0.5, 0.6) is 0 Å². The van der Waals surface area contributed by atoms with Crippen LogP contribution in [0.4, 0.5) is 13.6 Å². The number of carboxylic acid groups (broad SMARTS) is 1. The number of nitrogens with zero attached hydrogens (tertiary/aromatic N) is 2. The molecule has 1 aromatic heterocycles. The average molecular weight is 788 g/mol. The molecule has 0 unspecified atom stereocenters. The van der Waals surface area contributed by atoms with E-state index in [1.807, 2.05) is 55.7 Å². The van der Waals surface area contributed by atoms with E-state index < -0.39 is 55.2 Å². The molecule has 54 heavy (non-hydrogen) atoms. The van der Waals surface area contributed by atoms with Crippen LogP contribution in [0.1, 0.15) is 50.9 Å². The van der Waals surface area contributed by atoms with Crippen LogP contribution in [0.3, 0.4) is 0 Å². The van der Waals surface area contributed by atoms with E-state index >= 15 is 4.39 Å². The van der Waals surface area contributed by atoms with Gasteiger partial charge in [-0.05, 0) is 47.7 Å². The molecule has 0 bridgehead atoms. The molecular weight excluding hydrogens is 733 g/mol. The van der Waals surface area contributed by atoms with Crippen molar-refractivity contribution in [3.63, 3.8) is 0 Å². The van der Waals surface area contributed by atoms with Crippen molar-refractivity contribution in [2.45, 2.75) is 77.9 Å². The summed E-state index contributed by atoms with van der Waals surface area (Å²) in [5.74, 6) is -2.89. The second-order valence-corrected chi connectivity index (χ2v) is 22.2. The normalized spacial score (nSPS) is 12.8. The first-order valence-corrected chi connectivity index (χ1v) is 22.9. The predicted octanol–water partition coefficient (Wildman–Crippen LogP) is 6.50. The van der Waals surface area contributed by atoms with E-state index in [2.05, 4.69) is 30.3 Å². The van der Waals surface area contributed by atoms with Crippen LogP contribution in [0.2, 0.25) is 25.7 Å². The topological polar surface area (TPSA) is 156 Å². The highest BCUT2D eigenvalue weighted by Crippen LogP contribution is 2.41. The first kappa shape index (κ1) is 44.2. The Hall–Kier alpha value is -4.21. The van der Waals surface area contributed by atoms with Gasteiger partial charge in [0, 0.05) is 63.0 Å². The summed E-state index contributed by atoms with van der Waals surface area (Å²) in [6, 6.07) is 14.1. The number of alkyl carbamates (subject to hydrolysis) is 1. The fraction of sp³-hybridized carbons (Fsp3) is 0.487. The molecule has 0 aliphatic rings. The summed E-state index contributed by atoms with van der Waals surface area (Å²) in [7, 11) is -1.39. The van der Waals surface area contributed by atoms with Crippen molar-refractivity contribution in [1.29, 1.82) is 0 Å². The van der Waals surface area contributed by atoms with Crippen molar-refractivity contribution < 1.29 is 37.8 Å². The Labute approximate surface area is 322 Å². The molecule has 5 N–H and O–H groups in total. The lowest BCUT2D eigenvalue weighted by Crippen LogP contribution is -2.45. The summed E-state index contributed by atoms with van der Waals surface area (Å²) >= 11 is 1.18. The van der Waals surface area contributed by atoms with Crippen molar-refractivity contribution in [3.8, 4) is 11.1 Å². The van der Waals surface area contributed by atoms with Gasteiger partial charge in [-0.2, -0.15) is 0 Å². The van der Waals surface area contributed by atoms with Gasteiger partial charge in [-0.1, -0.05) is 70.7 Å². The van der Waals surface area contributed by atoms with Gasteiger partial charge in [-0.25, -0.2) is 13.6 Å². The van der Waals surface area contributed by atoms with Crippen molar-refractivity contribution in [3.05, 3.63) is 83.7 Å². The SMILES string of the molecule is CC(C)(C)[C@H](c1cc(-c2cc(F)ccc2F)cn1Cc1ccccc1)N(CCCNC(=O)OCC[Si](C)(C)C)C(=O)CSC[C@H](N)C(=O)NCCC(=O)O. The van der Waals surface area contributed by atoms with Gasteiger partial charge in [-0.3, -0.25) is 14.4 Å². The van der Waals surface area contributed by atoms with E-state index in [9.17, 15) is 23.6 Å².